The van der Waals surface area contributed by atoms with E-state index in [1.54, 1.807) is 10.4 Å². The van der Waals surface area contributed by atoms with Crippen molar-refractivity contribution in [3.8, 4) is 0 Å². The zero-order valence-corrected chi connectivity index (χ0v) is 14.5. The van der Waals surface area contributed by atoms with Gasteiger partial charge in [0.2, 0.25) is 0 Å². The lowest BCUT2D eigenvalue weighted by molar-refractivity contribution is 1.13. The molecular weight excluding hydrogens is 344 g/mol. The highest BCUT2D eigenvalue weighted by Gasteiger charge is 2.21. The molecule has 1 atom stereocenters. The molecule has 2 aromatic rings. The zero-order valence-electron chi connectivity index (χ0n) is 10.5. The van der Waals surface area contributed by atoms with Gasteiger partial charge in [-0.15, -0.1) is 22.7 Å². The molecule has 96 valence electrons. The highest BCUT2D eigenvalue weighted by Crippen LogP contribution is 2.43. The number of hydrogen-bond acceptors (Lipinski definition) is 3. The number of rotatable bonds is 2. The smallest absolute Gasteiger partial charge is 0.0833 e. The highest BCUT2D eigenvalue weighted by atomic mass is 79.9. The molecule has 0 saturated carbocycles. The summed E-state index contributed by atoms with van der Waals surface area (Å²) in [4.78, 5) is 6.35. The normalized spacial score (nSPS) is 16.6. The highest BCUT2D eigenvalue weighted by molar-refractivity contribution is 9.09. The van der Waals surface area contributed by atoms with Crippen LogP contribution in [0.4, 0.5) is 0 Å². The van der Waals surface area contributed by atoms with E-state index in [0.717, 1.165) is 0 Å². The Morgan fingerprint density at radius 3 is 2.72 bits per heavy atom. The van der Waals surface area contributed by atoms with Gasteiger partial charge in [-0.3, -0.25) is 0 Å². The number of thioether (sulfide) groups is 1. The number of aryl methyl sites for hydroxylation is 3. The van der Waals surface area contributed by atoms with Crippen LogP contribution in [0.3, 0.4) is 0 Å². The predicted molar refractivity (Wildman–Crippen MR) is 88.7 cm³/mol. The summed E-state index contributed by atoms with van der Waals surface area (Å²) >= 11 is 9.88. The molecule has 0 fully saturated rings. The van der Waals surface area contributed by atoms with Crippen LogP contribution >= 0.6 is 50.4 Å². The lowest BCUT2D eigenvalue weighted by atomic mass is 10.1. The number of fused-ring (bicyclic) bond motifs is 1. The third-order valence-electron chi connectivity index (χ3n) is 3.21. The largest absolute Gasteiger partial charge is 0.157 e. The molecule has 4 heteroatoms. The second-order valence-electron chi connectivity index (χ2n) is 4.67. The first kappa shape index (κ1) is 13.2. The first-order chi connectivity index (χ1) is 8.65. The van der Waals surface area contributed by atoms with Gasteiger partial charge in [0, 0.05) is 25.3 Å². The van der Waals surface area contributed by atoms with Gasteiger partial charge in [-0.05, 0) is 49.3 Å². The summed E-state index contributed by atoms with van der Waals surface area (Å²) < 4.78 is 0. The van der Waals surface area contributed by atoms with Crippen LogP contribution in [0.5, 0.6) is 0 Å². The maximum Gasteiger partial charge on any atom is 0.0833 e. The number of thiophene rings is 2. The summed E-state index contributed by atoms with van der Waals surface area (Å²) in [6.45, 7) is 4.41. The fraction of sp³-hybridized carbons (Fsp3) is 0.429. The van der Waals surface area contributed by atoms with E-state index in [1.807, 2.05) is 22.7 Å². The zero-order chi connectivity index (χ0) is 12.7. The Labute approximate surface area is 129 Å². The van der Waals surface area contributed by atoms with Gasteiger partial charge in [0.15, 0.2) is 0 Å². The summed E-state index contributed by atoms with van der Waals surface area (Å²) in [6.07, 6.45) is 1.26. The Morgan fingerprint density at radius 2 is 2.06 bits per heavy atom. The summed E-state index contributed by atoms with van der Waals surface area (Å²) in [5.41, 5.74) is 2.99. The van der Waals surface area contributed by atoms with Crippen LogP contribution in [0.25, 0.3) is 0 Å². The minimum atomic E-state index is 0.386. The summed E-state index contributed by atoms with van der Waals surface area (Å²) in [5.74, 6) is 2.49. The van der Waals surface area contributed by atoms with E-state index >= 15 is 0 Å². The van der Waals surface area contributed by atoms with Crippen molar-refractivity contribution in [3.63, 3.8) is 0 Å². The van der Waals surface area contributed by atoms with Crippen molar-refractivity contribution in [2.75, 3.05) is 5.75 Å². The first-order valence-corrected chi connectivity index (χ1v) is 9.75. The van der Waals surface area contributed by atoms with Crippen molar-refractivity contribution in [1.29, 1.82) is 0 Å². The SMILES string of the molecule is Cc1cc(C)c(C(Br)c2cc3c(s2)CCSC3)s1. The third-order valence-corrected chi connectivity index (χ3v) is 8.29. The standard InChI is InChI=1S/C14H15BrS3/c1-8-5-9(2)17-14(8)13(15)12-6-10-7-16-4-3-11(10)18-12/h5-6,13H,3-4,7H2,1-2H3. The van der Waals surface area contributed by atoms with Crippen LogP contribution in [0.2, 0.25) is 0 Å². The Morgan fingerprint density at radius 1 is 1.22 bits per heavy atom. The molecule has 1 aliphatic heterocycles. The van der Waals surface area contributed by atoms with Crippen LogP contribution < -0.4 is 0 Å². The van der Waals surface area contributed by atoms with Gasteiger partial charge in [0.05, 0.1) is 4.83 Å². The molecule has 0 bridgehead atoms. The molecule has 0 radical (unpaired) electrons. The summed E-state index contributed by atoms with van der Waals surface area (Å²) in [5, 5.41) is 0. The van der Waals surface area contributed by atoms with E-state index in [0.29, 0.717) is 4.83 Å². The lowest BCUT2D eigenvalue weighted by Gasteiger charge is -2.08. The van der Waals surface area contributed by atoms with E-state index in [-0.39, 0.29) is 0 Å². The van der Waals surface area contributed by atoms with Crippen molar-refractivity contribution in [3.05, 3.63) is 42.8 Å². The molecule has 0 amide bonds. The van der Waals surface area contributed by atoms with E-state index in [4.69, 9.17) is 0 Å². The molecule has 3 rings (SSSR count). The maximum absolute atomic E-state index is 3.90. The number of halogens is 1. The van der Waals surface area contributed by atoms with Crippen molar-refractivity contribution < 1.29 is 0 Å². The quantitative estimate of drug-likeness (QED) is 0.620. The molecule has 0 N–H and O–H groups in total. The third kappa shape index (κ3) is 2.45. The van der Waals surface area contributed by atoms with E-state index < -0.39 is 0 Å². The van der Waals surface area contributed by atoms with Gasteiger partial charge in [0.1, 0.15) is 0 Å². The average molecular weight is 359 g/mol. The molecule has 0 aromatic carbocycles. The molecule has 2 aromatic heterocycles. The van der Waals surface area contributed by atoms with Gasteiger partial charge >= 0.3 is 0 Å². The lowest BCUT2D eigenvalue weighted by Crippen LogP contribution is -1.96. The van der Waals surface area contributed by atoms with Gasteiger partial charge < -0.3 is 0 Å². The second kappa shape index (κ2) is 5.31. The topological polar surface area (TPSA) is 0 Å². The van der Waals surface area contributed by atoms with E-state index in [2.05, 4.69) is 53.7 Å². The van der Waals surface area contributed by atoms with Gasteiger partial charge in [-0.2, -0.15) is 11.8 Å². The van der Waals surface area contributed by atoms with Gasteiger partial charge in [-0.1, -0.05) is 15.9 Å². The fourth-order valence-electron chi connectivity index (χ4n) is 2.34. The Balaban J connectivity index is 1.94. The second-order valence-corrected chi connectivity index (χ2v) is 9.14. The molecule has 1 aliphatic rings. The van der Waals surface area contributed by atoms with E-state index in [9.17, 15) is 0 Å². The fourth-order valence-corrected chi connectivity index (χ4v) is 6.86. The minimum absolute atomic E-state index is 0.386. The molecule has 0 nitrogen and oxygen atoms in total. The average Bonchev–Trinajstić information content (AvgIpc) is 2.91. The molecule has 1 unspecified atom stereocenters. The Bertz CT molecular complexity index is 544. The Kier molecular flexibility index (Phi) is 3.90. The number of hydrogen-bond donors (Lipinski definition) is 0. The molecule has 0 saturated heterocycles. The van der Waals surface area contributed by atoms with Crippen molar-refractivity contribution in [2.45, 2.75) is 30.8 Å². The predicted octanol–water partition coefficient (Wildman–Crippen LogP) is 5.70. The molecule has 0 aliphatic carbocycles. The first-order valence-electron chi connectivity index (χ1n) is 6.05. The summed E-state index contributed by atoms with van der Waals surface area (Å²) in [7, 11) is 0. The monoisotopic (exact) mass is 358 g/mol. The van der Waals surface area contributed by atoms with Gasteiger partial charge in [-0.25, -0.2) is 0 Å². The molecule has 18 heavy (non-hydrogen) atoms. The van der Waals surface area contributed by atoms with Gasteiger partial charge in [0.25, 0.3) is 0 Å². The summed E-state index contributed by atoms with van der Waals surface area (Å²) in [6, 6.07) is 4.71. The van der Waals surface area contributed by atoms with Crippen LogP contribution in [0.15, 0.2) is 12.1 Å². The Hall–Kier alpha value is 0.230. The number of alkyl halides is 1. The van der Waals surface area contributed by atoms with Crippen LogP contribution in [0.1, 0.15) is 35.5 Å². The van der Waals surface area contributed by atoms with Crippen molar-refractivity contribution in [2.24, 2.45) is 0 Å². The molecule has 0 spiro atoms. The van der Waals surface area contributed by atoms with Crippen LogP contribution in [0, 0.1) is 13.8 Å². The maximum atomic E-state index is 3.90. The molecular formula is C14H15BrS3. The molecule has 3 heterocycles. The van der Waals surface area contributed by atoms with Crippen molar-refractivity contribution >= 4 is 50.4 Å². The van der Waals surface area contributed by atoms with E-state index in [1.165, 1.54) is 38.1 Å². The van der Waals surface area contributed by atoms with Crippen molar-refractivity contribution in [1.82, 2.24) is 0 Å². The van der Waals surface area contributed by atoms with Crippen LogP contribution in [-0.2, 0) is 12.2 Å². The minimum Gasteiger partial charge on any atom is -0.157 e. The van der Waals surface area contributed by atoms with Crippen LogP contribution in [-0.4, -0.2) is 5.75 Å².